The number of carbonyl (C=O) groups is 2. The van der Waals surface area contributed by atoms with E-state index in [0.717, 1.165) is 19.3 Å². The van der Waals surface area contributed by atoms with Crippen LogP contribution in [-0.2, 0) is 14.3 Å². The average Bonchev–Trinajstić information content (AvgIpc) is 2.52. The van der Waals surface area contributed by atoms with Crippen molar-refractivity contribution in [3.8, 4) is 23.9 Å². The van der Waals surface area contributed by atoms with E-state index in [1.165, 1.54) is 44.9 Å². The fourth-order valence-corrected chi connectivity index (χ4v) is 1.99. The fraction of sp³-hybridized carbons (Fsp3) is 0.667. The first kappa shape index (κ1) is 25.1. The van der Waals surface area contributed by atoms with Gasteiger partial charge in [0, 0.05) is 18.0 Å². The molecule has 6 heteroatoms. The summed E-state index contributed by atoms with van der Waals surface area (Å²) < 4.78 is 4.91. The Bertz CT molecular complexity index is 457. The van der Waals surface area contributed by atoms with Crippen molar-refractivity contribution in [3.05, 3.63) is 0 Å². The third kappa shape index (κ3) is 20.9. The monoisotopic (exact) mass is 343 g/mol. The van der Waals surface area contributed by atoms with Gasteiger partial charge in [-0.2, -0.15) is 0 Å². The van der Waals surface area contributed by atoms with E-state index in [1.807, 2.05) is 6.04 Å². The van der Waals surface area contributed by atoms with Crippen LogP contribution in [0, 0.1) is 23.9 Å². The minimum absolute atomic E-state index is 0. The van der Waals surface area contributed by atoms with Gasteiger partial charge in [0.15, 0.2) is 0 Å². The molecular weight excluding hydrogens is 317 g/mol. The summed E-state index contributed by atoms with van der Waals surface area (Å²) >= 11 is 0. The van der Waals surface area contributed by atoms with Crippen LogP contribution in [-0.4, -0.2) is 18.5 Å². The van der Waals surface area contributed by atoms with Crippen molar-refractivity contribution in [2.24, 2.45) is 0 Å². The summed E-state index contributed by atoms with van der Waals surface area (Å²) in [6.07, 6.45) is 12.2. The molecule has 0 aromatic heterocycles. The average molecular weight is 343 g/mol. The maximum atomic E-state index is 11.2. The van der Waals surface area contributed by atoms with Crippen LogP contribution in [0.3, 0.4) is 0 Å². The number of hydrogen-bond acceptors (Lipinski definition) is 5. The van der Waals surface area contributed by atoms with E-state index in [-0.39, 0.29) is 29.6 Å². The van der Waals surface area contributed by atoms with Gasteiger partial charge in [0.05, 0.1) is 6.61 Å². The van der Waals surface area contributed by atoms with Crippen molar-refractivity contribution in [1.29, 1.82) is 0 Å². The van der Waals surface area contributed by atoms with Gasteiger partial charge in [0.2, 0.25) is 0 Å². The Morgan fingerprint density at radius 2 is 1.38 bits per heavy atom. The smallest absolute Gasteiger partial charge is 0.537 e. The number of ether oxygens (including phenoxy) is 1. The summed E-state index contributed by atoms with van der Waals surface area (Å²) in [5.41, 5.74) is 0. The van der Waals surface area contributed by atoms with Crippen LogP contribution in [0.1, 0.15) is 71.1 Å². The fourth-order valence-electron chi connectivity index (χ4n) is 1.99. The van der Waals surface area contributed by atoms with E-state index in [9.17, 15) is 14.7 Å². The van der Waals surface area contributed by atoms with E-state index in [1.54, 1.807) is 5.92 Å². The van der Waals surface area contributed by atoms with Crippen LogP contribution in [0.15, 0.2) is 0 Å². The number of esters is 1. The molecule has 0 radical (unpaired) electrons. The normalized spacial score (nSPS) is 8.71. The molecular formula is C18H26NNaO4. The molecule has 0 aliphatic heterocycles. The Kier molecular flexibility index (Phi) is 20.8. The van der Waals surface area contributed by atoms with Crippen LogP contribution in [0.2, 0.25) is 0 Å². The SMILES string of the molecule is CCCCCCCCCCCCOC(=O)C#CNC#CC(=O)[O-].[Na+]. The van der Waals surface area contributed by atoms with Crippen molar-refractivity contribution in [2.75, 3.05) is 6.61 Å². The van der Waals surface area contributed by atoms with Gasteiger partial charge in [-0.3, -0.25) is 5.32 Å². The van der Waals surface area contributed by atoms with Crippen molar-refractivity contribution < 1.29 is 49.0 Å². The predicted molar refractivity (Wildman–Crippen MR) is 86.5 cm³/mol. The third-order valence-corrected chi connectivity index (χ3v) is 3.19. The molecule has 0 heterocycles. The topological polar surface area (TPSA) is 78.5 Å². The van der Waals surface area contributed by atoms with E-state index in [4.69, 9.17) is 4.74 Å². The molecule has 0 aromatic rings. The summed E-state index contributed by atoms with van der Waals surface area (Å²) in [5, 5.41) is 12.1. The Morgan fingerprint density at radius 1 is 0.875 bits per heavy atom. The van der Waals surface area contributed by atoms with E-state index >= 15 is 0 Å². The van der Waals surface area contributed by atoms with Crippen molar-refractivity contribution in [1.82, 2.24) is 5.32 Å². The number of hydrogen-bond donors (Lipinski definition) is 1. The van der Waals surface area contributed by atoms with Crippen LogP contribution in [0.25, 0.3) is 0 Å². The molecule has 0 fully saturated rings. The van der Waals surface area contributed by atoms with Gasteiger partial charge < -0.3 is 14.6 Å². The summed E-state index contributed by atoms with van der Waals surface area (Å²) in [7, 11) is 0. The quantitative estimate of drug-likeness (QED) is 0.166. The van der Waals surface area contributed by atoms with E-state index < -0.39 is 11.9 Å². The Labute approximate surface area is 167 Å². The molecule has 128 valence electrons. The molecule has 5 nitrogen and oxygen atoms in total. The molecule has 0 rings (SSSR count). The maximum absolute atomic E-state index is 11.2. The first-order valence-corrected chi connectivity index (χ1v) is 8.31. The van der Waals surface area contributed by atoms with Gasteiger partial charge in [-0.25, -0.2) is 4.79 Å². The van der Waals surface area contributed by atoms with Gasteiger partial charge in [0.25, 0.3) is 0 Å². The third-order valence-electron chi connectivity index (χ3n) is 3.19. The van der Waals surface area contributed by atoms with E-state index in [0.29, 0.717) is 6.61 Å². The van der Waals surface area contributed by atoms with Gasteiger partial charge in [0.1, 0.15) is 5.97 Å². The van der Waals surface area contributed by atoms with Gasteiger partial charge in [-0.05, 0) is 12.3 Å². The van der Waals surface area contributed by atoms with Crippen LogP contribution < -0.4 is 40.0 Å². The molecule has 0 atom stereocenters. The zero-order valence-corrected chi connectivity index (χ0v) is 16.9. The summed E-state index contributed by atoms with van der Waals surface area (Å²) in [5.74, 6) is 1.69. The maximum Gasteiger partial charge on any atom is 1.00 e. The first-order chi connectivity index (χ1) is 11.2. The van der Waals surface area contributed by atoms with Crippen molar-refractivity contribution in [2.45, 2.75) is 71.1 Å². The number of carboxylic acid groups (broad SMARTS) is 1. The summed E-state index contributed by atoms with van der Waals surface area (Å²) in [6.45, 7) is 2.58. The predicted octanol–water partition coefficient (Wildman–Crippen LogP) is -1.28. The van der Waals surface area contributed by atoms with Crippen molar-refractivity contribution >= 4 is 11.9 Å². The molecule has 0 spiro atoms. The van der Waals surface area contributed by atoms with Crippen LogP contribution >= 0.6 is 0 Å². The standard InChI is InChI=1S/C18H27NO4.Na/c1-2-3-4-5-6-7-8-9-10-11-16-23-18(22)13-15-19-14-12-17(20)21;/h19H,2-11,16H2,1H3,(H,20,21);/q;+1/p-1. The Hall–Kier alpha value is -1.14. The molecule has 0 unspecified atom stereocenters. The second kappa shape index (κ2) is 19.9. The molecule has 1 N–H and O–H groups in total. The minimum Gasteiger partial charge on any atom is -0.537 e. The molecule has 0 aromatic carbocycles. The number of unbranched alkanes of at least 4 members (excludes halogenated alkanes) is 9. The van der Waals surface area contributed by atoms with Gasteiger partial charge >= 0.3 is 35.5 Å². The molecule has 0 bridgehead atoms. The summed E-state index contributed by atoms with van der Waals surface area (Å²) in [6, 6.07) is 4.20. The minimum atomic E-state index is -1.51. The van der Waals surface area contributed by atoms with Gasteiger partial charge in [-0.15, -0.1) is 0 Å². The zero-order chi connectivity index (χ0) is 17.2. The second-order valence-electron chi connectivity index (χ2n) is 5.23. The van der Waals surface area contributed by atoms with Crippen LogP contribution in [0.5, 0.6) is 0 Å². The van der Waals surface area contributed by atoms with Crippen molar-refractivity contribution in [3.63, 3.8) is 0 Å². The number of carboxylic acids is 1. The second-order valence-corrected chi connectivity index (χ2v) is 5.23. The summed E-state index contributed by atoms with van der Waals surface area (Å²) in [4.78, 5) is 21.1. The zero-order valence-electron chi connectivity index (χ0n) is 14.9. The molecule has 0 saturated heterocycles. The Morgan fingerprint density at radius 3 is 1.92 bits per heavy atom. The number of carbonyl (C=O) groups excluding carboxylic acids is 2. The molecule has 0 amide bonds. The number of rotatable bonds is 11. The first-order valence-electron chi connectivity index (χ1n) is 8.31. The molecule has 0 saturated carbocycles. The number of nitrogens with one attached hydrogen (secondary N) is 1. The van der Waals surface area contributed by atoms with Gasteiger partial charge in [-0.1, -0.05) is 64.7 Å². The molecule has 0 aliphatic carbocycles. The molecule has 0 aliphatic rings. The van der Waals surface area contributed by atoms with E-state index in [2.05, 4.69) is 24.2 Å². The van der Waals surface area contributed by atoms with Crippen LogP contribution in [0.4, 0.5) is 0 Å². The Balaban J connectivity index is 0. The number of aliphatic carboxylic acids is 1. The largest absolute Gasteiger partial charge is 1.00 e. The molecule has 24 heavy (non-hydrogen) atoms.